The molecule has 1 aromatic rings. The Morgan fingerprint density at radius 3 is 2.71 bits per heavy atom. The fourth-order valence-corrected chi connectivity index (χ4v) is 1.73. The zero-order valence-electron chi connectivity index (χ0n) is 11.5. The highest BCUT2D eigenvalue weighted by molar-refractivity contribution is 6.35. The van der Waals surface area contributed by atoms with E-state index in [-0.39, 0.29) is 43.4 Å². The first-order chi connectivity index (χ1) is 8.99. The average molecular weight is 379 g/mol. The number of nitrogens with two attached hydrogens (primary N) is 1. The summed E-state index contributed by atoms with van der Waals surface area (Å²) in [6, 6.07) is 1.58. The smallest absolute Gasteiger partial charge is 0.232 e. The van der Waals surface area contributed by atoms with Crippen molar-refractivity contribution in [1.82, 2.24) is 10.3 Å². The van der Waals surface area contributed by atoms with E-state index in [4.69, 9.17) is 33.7 Å². The van der Waals surface area contributed by atoms with Crippen LogP contribution >= 0.6 is 48.0 Å². The van der Waals surface area contributed by atoms with Crippen molar-refractivity contribution in [1.29, 1.82) is 0 Å². The lowest BCUT2D eigenvalue weighted by atomic mass is 10.2. The molecular formula is C12H19Cl4N3O2. The van der Waals surface area contributed by atoms with E-state index in [1.165, 1.54) is 6.20 Å². The van der Waals surface area contributed by atoms with Crippen molar-refractivity contribution >= 4 is 53.9 Å². The van der Waals surface area contributed by atoms with Gasteiger partial charge in [-0.15, -0.1) is 24.8 Å². The molecule has 0 spiro atoms. The van der Waals surface area contributed by atoms with Gasteiger partial charge in [-0.3, -0.25) is 4.79 Å². The molecule has 1 rings (SSSR count). The van der Waals surface area contributed by atoms with Crippen molar-refractivity contribution in [2.75, 3.05) is 13.2 Å². The number of hydrogen-bond acceptors (Lipinski definition) is 4. The summed E-state index contributed by atoms with van der Waals surface area (Å²) in [5.41, 5.74) is 5.56. The van der Waals surface area contributed by atoms with Crippen molar-refractivity contribution in [3.63, 3.8) is 0 Å². The second kappa shape index (κ2) is 12.1. The van der Waals surface area contributed by atoms with Gasteiger partial charge in [-0.1, -0.05) is 23.2 Å². The highest BCUT2D eigenvalue weighted by Gasteiger charge is 2.05. The van der Waals surface area contributed by atoms with Crippen molar-refractivity contribution in [2.45, 2.75) is 25.8 Å². The predicted octanol–water partition coefficient (Wildman–Crippen LogP) is 2.85. The molecule has 1 atom stereocenters. The van der Waals surface area contributed by atoms with Gasteiger partial charge in [0.15, 0.2) is 0 Å². The lowest BCUT2D eigenvalue weighted by molar-refractivity contribution is -0.121. The van der Waals surface area contributed by atoms with Crippen LogP contribution < -0.4 is 15.8 Å². The minimum atomic E-state index is -0.0453. The third kappa shape index (κ3) is 9.98. The molecule has 1 amide bonds. The number of halogens is 4. The number of carbonyl (C=O) groups is 1. The van der Waals surface area contributed by atoms with E-state index >= 15 is 0 Å². The number of nitrogens with one attached hydrogen (secondary N) is 1. The number of nitrogens with zero attached hydrogens (tertiary/aromatic N) is 1. The summed E-state index contributed by atoms with van der Waals surface area (Å²) in [5, 5.41) is 3.51. The highest BCUT2D eigenvalue weighted by Crippen LogP contribution is 2.24. The summed E-state index contributed by atoms with van der Waals surface area (Å²) in [7, 11) is 0. The maximum atomic E-state index is 11.4. The number of ether oxygens (including phenoxy) is 1. The molecular weight excluding hydrogens is 360 g/mol. The van der Waals surface area contributed by atoms with Gasteiger partial charge in [0.05, 0.1) is 11.6 Å². The minimum absolute atomic E-state index is 0. The van der Waals surface area contributed by atoms with Crippen LogP contribution in [0.3, 0.4) is 0 Å². The van der Waals surface area contributed by atoms with Crippen LogP contribution in [0.25, 0.3) is 0 Å². The molecule has 9 heteroatoms. The van der Waals surface area contributed by atoms with E-state index < -0.39 is 0 Å². The molecule has 1 aromatic heterocycles. The number of amides is 1. The van der Waals surface area contributed by atoms with Gasteiger partial charge in [0.2, 0.25) is 11.8 Å². The summed E-state index contributed by atoms with van der Waals surface area (Å²) in [5.74, 6) is 0.256. The van der Waals surface area contributed by atoms with E-state index in [0.717, 1.165) is 0 Å². The molecule has 5 nitrogen and oxygen atoms in total. The fraction of sp³-hybridized carbons (Fsp3) is 0.500. The largest absolute Gasteiger partial charge is 0.475 e. The lowest BCUT2D eigenvalue weighted by Gasteiger charge is -2.09. The first-order valence-corrected chi connectivity index (χ1v) is 6.70. The maximum Gasteiger partial charge on any atom is 0.232 e. The molecule has 122 valence electrons. The van der Waals surface area contributed by atoms with E-state index in [9.17, 15) is 4.79 Å². The minimum Gasteiger partial charge on any atom is -0.475 e. The molecule has 0 fully saturated rings. The van der Waals surface area contributed by atoms with Gasteiger partial charge < -0.3 is 15.8 Å². The van der Waals surface area contributed by atoms with E-state index in [1.807, 2.05) is 6.92 Å². The molecule has 0 aliphatic carbocycles. The molecule has 0 bridgehead atoms. The van der Waals surface area contributed by atoms with E-state index in [2.05, 4.69) is 10.3 Å². The van der Waals surface area contributed by atoms with Crippen molar-refractivity contribution in [3.05, 3.63) is 22.3 Å². The normalized spacial score (nSPS) is 10.9. The lowest BCUT2D eigenvalue weighted by Crippen LogP contribution is -2.29. The summed E-state index contributed by atoms with van der Waals surface area (Å²) in [6.07, 6.45) is 2.53. The van der Waals surface area contributed by atoms with Crippen LogP contribution in [0, 0.1) is 0 Å². The number of rotatable bonds is 7. The van der Waals surface area contributed by atoms with Crippen LogP contribution in [-0.4, -0.2) is 30.1 Å². The van der Waals surface area contributed by atoms with Crippen LogP contribution in [0.4, 0.5) is 0 Å². The Morgan fingerprint density at radius 2 is 2.14 bits per heavy atom. The summed E-state index contributed by atoms with van der Waals surface area (Å²) >= 11 is 11.6. The molecule has 0 saturated heterocycles. The molecule has 0 radical (unpaired) electrons. The second-order valence-corrected chi connectivity index (χ2v) is 5.00. The topological polar surface area (TPSA) is 77.2 Å². The van der Waals surface area contributed by atoms with Crippen LogP contribution in [0.1, 0.15) is 19.8 Å². The van der Waals surface area contributed by atoms with Gasteiger partial charge >= 0.3 is 0 Å². The van der Waals surface area contributed by atoms with E-state index in [0.29, 0.717) is 35.3 Å². The Morgan fingerprint density at radius 1 is 1.48 bits per heavy atom. The third-order valence-electron chi connectivity index (χ3n) is 2.26. The van der Waals surface area contributed by atoms with Gasteiger partial charge in [-0.2, -0.15) is 0 Å². The third-order valence-corrected chi connectivity index (χ3v) is 2.74. The van der Waals surface area contributed by atoms with E-state index in [1.54, 1.807) is 6.07 Å². The van der Waals surface area contributed by atoms with Gasteiger partial charge in [-0.05, 0) is 19.4 Å². The molecule has 0 saturated carbocycles. The van der Waals surface area contributed by atoms with Gasteiger partial charge in [0.25, 0.3) is 0 Å². The zero-order chi connectivity index (χ0) is 14.3. The predicted molar refractivity (Wildman–Crippen MR) is 90.1 cm³/mol. The van der Waals surface area contributed by atoms with Crippen LogP contribution in [-0.2, 0) is 4.79 Å². The Balaban J connectivity index is 0. The highest BCUT2D eigenvalue weighted by atomic mass is 35.5. The van der Waals surface area contributed by atoms with Crippen molar-refractivity contribution in [3.8, 4) is 5.88 Å². The Labute approximate surface area is 146 Å². The molecule has 0 aliphatic rings. The second-order valence-electron chi connectivity index (χ2n) is 4.15. The standard InChI is InChI=1S/C12H17Cl2N3O2.2ClH/c1-8(15)2-3-11(18)16-4-5-19-12-10(14)6-9(13)7-17-12;;/h6-8H,2-5,15H2,1H3,(H,16,18);2*1H. The number of aromatic nitrogens is 1. The number of carbonyl (C=O) groups excluding carboxylic acids is 1. The molecule has 1 unspecified atom stereocenters. The van der Waals surface area contributed by atoms with Crippen molar-refractivity contribution < 1.29 is 9.53 Å². The van der Waals surface area contributed by atoms with Gasteiger partial charge in [0, 0.05) is 18.7 Å². The molecule has 1 heterocycles. The molecule has 3 N–H and O–H groups in total. The van der Waals surface area contributed by atoms with Gasteiger partial charge in [0.1, 0.15) is 11.6 Å². The molecule has 0 aromatic carbocycles. The SMILES string of the molecule is CC(N)CCC(=O)NCCOc1ncc(Cl)cc1Cl.Cl.Cl. The Bertz CT molecular complexity index is 433. The average Bonchev–Trinajstić information content (AvgIpc) is 2.34. The summed E-state index contributed by atoms with van der Waals surface area (Å²) < 4.78 is 5.33. The van der Waals surface area contributed by atoms with Crippen LogP contribution in [0.2, 0.25) is 10.0 Å². The first-order valence-electron chi connectivity index (χ1n) is 5.95. The quantitative estimate of drug-likeness (QED) is 0.715. The zero-order valence-corrected chi connectivity index (χ0v) is 14.6. The maximum absolute atomic E-state index is 11.4. The first kappa shape index (κ1) is 22.8. The number of pyridine rings is 1. The Hall–Kier alpha value is -0.460. The van der Waals surface area contributed by atoms with Crippen molar-refractivity contribution in [2.24, 2.45) is 5.73 Å². The summed E-state index contributed by atoms with van der Waals surface area (Å²) in [6.45, 7) is 2.54. The van der Waals surface area contributed by atoms with Crippen LogP contribution in [0.15, 0.2) is 12.3 Å². The van der Waals surface area contributed by atoms with Gasteiger partial charge in [-0.25, -0.2) is 4.98 Å². The summed E-state index contributed by atoms with van der Waals surface area (Å²) in [4.78, 5) is 15.3. The molecule has 21 heavy (non-hydrogen) atoms. The molecule has 0 aliphatic heterocycles. The number of hydrogen-bond donors (Lipinski definition) is 2. The monoisotopic (exact) mass is 377 g/mol. The fourth-order valence-electron chi connectivity index (χ4n) is 1.29. The Kier molecular flexibility index (Phi) is 13.2. The van der Waals surface area contributed by atoms with Crippen LogP contribution in [0.5, 0.6) is 5.88 Å².